The number of hydrogen-bond acceptors (Lipinski definition) is 3. The van der Waals surface area contributed by atoms with Gasteiger partial charge in [0.1, 0.15) is 4.88 Å². The van der Waals surface area contributed by atoms with Crippen LogP contribution in [-0.2, 0) is 6.54 Å². The third-order valence-electron chi connectivity index (χ3n) is 1.88. The fourth-order valence-corrected chi connectivity index (χ4v) is 2.33. The zero-order chi connectivity index (χ0) is 10.8. The Morgan fingerprint density at radius 2 is 2.47 bits per heavy atom. The van der Waals surface area contributed by atoms with E-state index in [1.807, 2.05) is 12.3 Å². The standard InChI is InChI=1S/C9H7BrN2O2S/c10-7-3-11-12(5-7)4-6-1-2-15-8(6)9(13)14/h1-3,5H,4H2,(H,13,14). The van der Waals surface area contributed by atoms with Gasteiger partial charge in [0.15, 0.2) is 0 Å². The van der Waals surface area contributed by atoms with Gasteiger partial charge in [0, 0.05) is 6.20 Å². The maximum absolute atomic E-state index is 10.8. The Hall–Kier alpha value is -1.14. The van der Waals surface area contributed by atoms with Crippen molar-refractivity contribution >= 4 is 33.2 Å². The molecule has 0 aliphatic heterocycles. The van der Waals surface area contributed by atoms with Crippen LogP contribution < -0.4 is 0 Å². The molecule has 0 amide bonds. The van der Waals surface area contributed by atoms with E-state index in [2.05, 4.69) is 21.0 Å². The number of carboxylic acids is 1. The molecular weight excluding hydrogens is 280 g/mol. The number of aromatic carboxylic acids is 1. The van der Waals surface area contributed by atoms with Crippen LogP contribution in [0.4, 0.5) is 0 Å². The van der Waals surface area contributed by atoms with E-state index in [4.69, 9.17) is 5.11 Å². The van der Waals surface area contributed by atoms with Gasteiger partial charge in [0.2, 0.25) is 0 Å². The lowest BCUT2D eigenvalue weighted by Gasteiger charge is -2.00. The molecule has 15 heavy (non-hydrogen) atoms. The molecule has 6 heteroatoms. The highest BCUT2D eigenvalue weighted by atomic mass is 79.9. The van der Waals surface area contributed by atoms with Gasteiger partial charge in [-0.1, -0.05) is 0 Å². The lowest BCUT2D eigenvalue weighted by molar-refractivity contribution is 0.0701. The summed E-state index contributed by atoms with van der Waals surface area (Å²) in [5.74, 6) is -0.883. The average Bonchev–Trinajstić information content (AvgIpc) is 2.75. The molecule has 0 saturated heterocycles. The van der Waals surface area contributed by atoms with Gasteiger partial charge in [-0.15, -0.1) is 11.3 Å². The first-order valence-corrected chi connectivity index (χ1v) is 5.81. The Kier molecular flexibility index (Phi) is 2.88. The molecule has 0 bridgehead atoms. The molecule has 0 saturated carbocycles. The molecule has 1 N–H and O–H groups in total. The van der Waals surface area contributed by atoms with E-state index in [1.54, 1.807) is 16.3 Å². The Morgan fingerprint density at radius 3 is 3.07 bits per heavy atom. The number of carboxylic acid groups (broad SMARTS) is 1. The summed E-state index contributed by atoms with van der Waals surface area (Å²) in [6, 6.07) is 1.81. The molecule has 2 aromatic heterocycles. The summed E-state index contributed by atoms with van der Waals surface area (Å²) in [4.78, 5) is 11.2. The van der Waals surface area contributed by atoms with Crippen LogP contribution in [0.5, 0.6) is 0 Å². The quantitative estimate of drug-likeness (QED) is 0.943. The molecule has 2 aromatic rings. The summed E-state index contributed by atoms with van der Waals surface area (Å²) < 4.78 is 2.58. The molecule has 0 aliphatic carbocycles. The molecule has 4 nitrogen and oxygen atoms in total. The number of hydrogen-bond donors (Lipinski definition) is 1. The molecule has 0 fully saturated rings. The lowest BCUT2D eigenvalue weighted by atomic mass is 10.2. The number of halogens is 1. The lowest BCUT2D eigenvalue weighted by Crippen LogP contribution is -2.04. The molecule has 0 aliphatic rings. The van der Waals surface area contributed by atoms with Crippen molar-refractivity contribution in [2.24, 2.45) is 0 Å². The molecule has 0 aromatic carbocycles. The van der Waals surface area contributed by atoms with Gasteiger partial charge >= 0.3 is 5.97 Å². The summed E-state index contributed by atoms with van der Waals surface area (Å²) in [6.07, 6.45) is 3.48. The van der Waals surface area contributed by atoms with Crippen LogP contribution in [-0.4, -0.2) is 20.9 Å². The maximum Gasteiger partial charge on any atom is 0.346 e. The molecule has 2 heterocycles. The monoisotopic (exact) mass is 286 g/mol. The third kappa shape index (κ3) is 2.27. The highest BCUT2D eigenvalue weighted by molar-refractivity contribution is 9.10. The van der Waals surface area contributed by atoms with Crippen LogP contribution in [0.2, 0.25) is 0 Å². The van der Waals surface area contributed by atoms with Gasteiger partial charge in [0.05, 0.1) is 17.2 Å². The summed E-state index contributed by atoms with van der Waals surface area (Å²) in [5, 5.41) is 14.8. The van der Waals surface area contributed by atoms with Gasteiger partial charge in [-0.2, -0.15) is 5.10 Å². The highest BCUT2D eigenvalue weighted by Crippen LogP contribution is 2.18. The van der Waals surface area contributed by atoms with Crippen molar-refractivity contribution in [2.45, 2.75) is 6.54 Å². The van der Waals surface area contributed by atoms with Crippen LogP contribution >= 0.6 is 27.3 Å². The first-order valence-electron chi connectivity index (χ1n) is 4.14. The fourth-order valence-electron chi connectivity index (χ4n) is 1.25. The number of carbonyl (C=O) groups is 1. The van der Waals surface area contributed by atoms with Crippen molar-refractivity contribution in [1.29, 1.82) is 0 Å². The van der Waals surface area contributed by atoms with Gasteiger partial charge < -0.3 is 5.11 Å². The zero-order valence-electron chi connectivity index (χ0n) is 7.55. The molecular formula is C9H7BrN2O2S. The summed E-state index contributed by atoms with van der Waals surface area (Å²) in [7, 11) is 0. The largest absolute Gasteiger partial charge is 0.477 e. The zero-order valence-corrected chi connectivity index (χ0v) is 9.96. The second-order valence-corrected chi connectivity index (χ2v) is 4.77. The SMILES string of the molecule is O=C(O)c1sccc1Cn1cc(Br)cn1. The van der Waals surface area contributed by atoms with Crippen molar-refractivity contribution < 1.29 is 9.90 Å². The molecule has 2 rings (SSSR count). The fraction of sp³-hybridized carbons (Fsp3) is 0.111. The normalized spacial score (nSPS) is 10.5. The molecule has 0 unspecified atom stereocenters. The molecule has 0 spiro atoms. The second-order valence-electron chi connectivity index (χ2n) is 2.94. The Morgan fingerprint density at radius 1 is 1.67 bits per heavy atom. The first kappa shape index (κ1) is 10.4. The van der Waals surface area contributed by atoms with Gasteiger partial charge in [-0.3, -0.25) is 4.68 Å². The topological polar surface area (TPSA) is 55.1 Å². The van der Waals surface area contributed by atoms with Gasteiger partial charge in [-0.25, -0.2) is 4.79 Å². The second kappa shape index (κ2) is 4.16. The van der Waals surface area contributed by atoms with E-state index in [9.17, 15) is 4.79 Å². The summed E-state index contributed by atoms with van der Waals surface area (Å²) in [5.41, 5.74) is 0.781. The van der Waals surface area contributed by atoms with Crippen LogP contribution in [0.25, 0.3) is 0 Å². The van der Waals surface area contributed by atoms with Crippen molar-refractivity contribution in [3.8, 4) is 0 Å². The third-order valence-corrected chi connectivity index (χ3v) is 3.23. The number of nitrogens with zero attached hydrogens (tertiary/aromatic N) is 2. The van der Waals surface area contributed by atoms with Crippen LogP contribution in [0.1, 0.15) is 15.2 Å². The van der Waals surface area contributed by atoms with Crippen LogP contribution in [0.3, 0.4) is 0 Å². The smallest absolute Gasteiger partial charge is 0.346 e. The highest BCUT2D eigenvalue weighted by Gasteiger charge is 2.11. The van der Waals surface area contributed by atoms with E-state index in [0.29, 0.717) is 11.4 Å². The van der Waals surface area contributed by atoms with Crippen LogP contribution in [0, 0.1) is 0 Å². The number of aromatic nitrogens is 2. The van der Waals surface area contributed by atoms with E-state index in [-0.39, 0.29) is 0 Å². The summed E-state index contributed by atoms with van der Waals surface area (Å²) in [6.45, 7) is 0.483. The van der Waals surface area contributed by atoms with Crippen molar-refractivity contribution in [1.82, 2.24) is 9.78 Å². The minimum absolute atomic E-state index is 0.377. The predicted molar refractivity (Wildman–Crippen MR) is 60.3 cm³/mol. The van der Waals surface area contributed by atoms with Crippen molar-refractivity contribution in [3.63, 3.8) is 0 Å². The first-order chi connectivity index (χ1) is 7.16. The van der Waals surface area contributed by atoms with E-state index in [1.165, 1.54) is 11.3 Å². The number of thiophene rings is 1. The van der Waals surface area contributed by atoms with Crippen molar-refractivity contribution in [2.75, 3.05) is 0 Å². The molecule has 0 radical (unpaired) electrons. The molecule has 0 atom stereocenters. The van der Waals surface area contributed by atoms with E-state index < -0.39 is 5.97 Å². The van der Waals surface area contributed by atoms with Crippen LogP contribution in [0.15, 0.2) is 28.3 Å². The van der Waals surface area contributed by atoms with E-state index >= 15 is 0 Å². The number of rotatable bonds is 3. The minimum Gasteiger partial charge on any atom is -0.477 e. The van der Waals surface area contributed by atoms with Gasteiger partial charge in [0.25, 0.3) is 0 Å². The summed E-state index contributed by atoms with van der Waals surface area (Å²) >= 11 is 4.52. The Balaban J connectivity index is 2.24. The van der Waals surface area contributed by atoms with Crippen molar-refractivity contribution in [3.05, 3.63) is 38.8 Å². The Bertz CT molecular complexity index is 492. The Labute approximate surface area is 98.3 Å². The maximum atomic E-state index is 10.8. The minimum atomic E-state index is -0.883. The van der Waals surface area contributed by atoms with E-state index in [0.717, 1.165) is 10.0 Å². The van der Waals surface area contributed by atoms with Gasteiger partial charge in [-0.05, 0) is 32.9 Å². The molecule has 78 valence electrons. The predicted octanol–water partition coefficient (Wildman–Crippen LogP) is 2.45. The average molecular weight is 287 g/mol.